The smallest absolute Gasteiger partial charge is 0.251 e. The van der Waals surface area contributed by atoms with E-state index in [2.05, 4.69) is 38.5 Å². The fourth-order valence-electron chi connectivity index (χ4n) is 1.48. The van der Waals surface area contributed by atoms with Gasteiger partial charge in [-0.05, 0) is 31.5 Å². The molecule has 0 heterocycles. The van der Waals surface area contributed by atoms with Crippen LogP contribution in [-0.4, -0.2) is 31.0 Å². The van der Waals surface area contributed by atoms with Crippen LogP contribution < -0.4 is 16.4 Å². The van der Waals surface area contributed by atoms with Gasteiger partial charge in [-0.2, -0.15) is 0 Å². The number of hydrogen-bond donors (Lipinski definition) is 3. The number of amides is 1. The first kappa shape index (κ1) is 19.9. The Morgan fingerprint density at radius 3 is 2.81 bits per heavy atom. The minimum atomic E-state index is -0.116. The largest absolute Gasteiger partial charge is 0.370 e. The van der Waals surface area contributed by atoms with Gasteiger partial charge in [0, 0.05) is 22.6 Å². The van der Waals surface area contributed by atoms with Crippen molar-refractivity contribution in [2.24, 2.45) is 10.7 Å². The molecule has 118 valence electrons. The molecule has 0 fully saturated rings. The highest BCUT2D eigenvalue weighted by Crippen LogP contribution is 2.11. The second kappa shape index (κ2) is 10.6. The molecule has 0 aliphatic heterocycles. The van der Waals surface area contributed by atoms with Gasteiger partial charge in [0.25, 0.3) is 5.91 Å². The lowest BCUT2D eigenvalue weighted by Gasteiger charge is -2.11. The summed E-state index contributed by atoms with van der Waals surface area (Å²) in [6.45, 7) is 5.02. The zero-order valence-corrected chi connectivity index (χ0v) is 15.5. The van der Waals surface area contributed by atoms with Crippen molar-refractivity contribution in [3.63, 3.8) is 0 Å². The van der Waals surface area contributed by atoms with Gasteiger partial charge >= 0.3 is 0 Å². The molecular weight excluding hydrogens is 400 g/mol. The van der Waals surface area contributed by atoms with Crippen LogP contribution in [0.3, 0.4) is 0 Å². The van der Waals surface area contributed by atoms with Crippen LogP contribution in [0.5, 0.6) is 0 Å². The highest BCUT2D eigenvalue weighted by atomic mass is 79.9. The molecular formula is C14H22Br2N4O. The number of hydrogen-bond acceptors (Lipinski definition) is 2. The third kappa shape index (κ3) is 8.06. The molecule has 1 unspecified atom stereocenters. The quantitative estimate of drug-likeness (QED) is 0.375. The molecule has 7 heteroatoms. The number of rotatable bonds is 6. The van der Waals surface area contributed by atoms with Gasteiger partial charge in [-0.15, -0.1) is 17.0 Å². The van der Waals surface area contributed by atoms with Crippen molar-refractivity contribution in [1.82, 2.24) is 10.6 Å². The topological polar surface area (TPSA) is 79.5 Å². The van der Waals surface area contributed by atoms with E-state index in [1.165, 1.54) is 0 Å². The molecule has 0 radical (unpaired) electrons. The Labute approximate surface area is 144 Å². The van der Waals surface area contributed by atoms with Crippen LogP contribution >= 0.6 is 32.9 Å². The van der Waals surface area contributed by atoms with Gasteiger partial charge < -0.3 is 16.4 Å². The average Bonchev–Trinajstić information content (AvgIpc) is 2.43. The molecule has 0 bridgehead atoms. The van der Waals surface area contributed by atoms with Crippen molar-refractivity contribution >= 4 is 44.8 Å². The monoisotopic (exact) mass is 420 g/mol. The fraction of sp³-hybridized carbons (Fsp3) is 0.429. The summed E-state index contributed by atoms with van der Waals surface area (Å²) in [5.41, 5.74) is 6.34. The molecule has 1 amide bonds. The van der Waals surface area contributed by atoms with E-state index < -0.39 is 0 Å². The Bertz CT molecular complexity index is 480. The lowest BCUT2D eigenvalue weighted by Crippen LogP contribution is -2.38. The predicted molar refractivity (Wildman–Crippen MR) is 96.2 cm³/mol. The number of carbonyl (C=O) groups excluding carboxylic acids is 1. The highest BCUT2D eigenvalue weighted by molar-refractivity contribution is 9.10. The first-order chi connectivity index (χ1) is 9.52. The summed E-state index contributed by atoms with van der Waals surface area (Å²) in [4.78, 5) is 16.0. The van der Waals surface area contributed by atoms with E-state index in [9.17, 15) is 4.79 Å². The molecule has 0 saturated carbocycles. The second-order valence-corrected chi connectivity index (χ2v) is 5.40. The van der Waals surface area contributed by atoms with Gasteiger partial charge in [-0.3, -0.25) is 9.79 Å². The number of halogens is 2. The van der Waals surface area contributed by atoms with E-state index in [-0.39, 0.29) is 22.9 Å². The minimum absolute atomic E-state index is 0. The van der Waals surface area contributed by atoms with Crippen LogP contribution in [0, 0.1) is 0 Å². The third-order valence-electron chi connectivity index (χ3n) is 2.77. The summed E-state index contributed by atoms with van der Waals surface area (Å²) >= 11 is 3.33. The highest BCUT2D eigenvalue weighted by Gasteiger charge is 2.04. The maximum Gasteiger partial charge on any atom is 0.251 e. The molecule has 0 aliphatic carbocycles. The lowest BCUT2D eigenvalue weighted by atomic mass is 10.2. The lowest BCUT2D eigenvalue weighted by molar-refractivity contribution is 0.0954. The zero-order chi connectivity index (χ0) is 15.0. The summed E-state index contributed by atoms with van der Waals surface area (Å²) in [5, 5.41) is 5.86. The molecule has 1 atom stereocenters. The van der Waals surface area contributed by atoms with E-state index in [0.29, 0.717) is 30.7 Å². The Balaban J connectivity index is 0.00000400. The Morgan fingerprint density at radius 1 is 1.48 bits per heavy atom. The molecule has 1 aromatic carbocycles. The van der Waals surface area contributed by atoms with Gasteiger partial charge in [0.1, 0.15) is 0 Å². The summed E-state index contributed by atoms with van der Waals surface area (Å²) < 4.78 is 0.880. The molecule has 0 spiro atoms. The summed E-state index contributed by atoms with van der Waals surface area (Å²) in [6, 6.07) is 7.54. The van der Waals surface area contributed by atoms with Crippen molar-refractivity contribution in [3.8, 4) is 0 Å². The standard InChI is InChI=1S/C14H21BrN4O.BrH/c1-3-10(2)19-14(16)18-8-7-17-13(20)11-5-4-6-12(15)9-11;/h4-6,9-10H,3,7-8H2,1-2H3,(H,17,20)(H3,16,18,19);1H. The Hall–Kier alpha value is -1.08. The summed E-state index contributed by atoms with van der Waals surface area (Å²) in [7, 11) is 0. The molecule has 1 rings (SSSR count). The van der Waals surface area contributed by atoms with Crippen LogP contribution in [-0.2, 0) is 0 Å². The van der Waals surface area contributed by atoms with Crippen molar-refractivity contribution < 1.29 is 4.79 Å². The van der Waals surface area contributed by atoms with Crippen molar-refractivity contribution in [2.45, 2.75) is 26.3 Å². The van der Waals surface area contributed by atoms with Gasteiger partial charge in [0.15, 0.2) is 5.96 Å². The number of nitrogens with two attached hydrogens (primary N) is 1. The van der Waals surface area contributed by atoms with Gasteiger partial charge in [-0.25, -0.2) is 0 Å². The summed E-state index contributed by atoms with van der Waals surface area (Å²) in [5.74, 6) is 0.297. The van der Waals surface area contributed by atoms with Crippen LogP contribution in [0.1, 0.15) is 30.6 Å². The van der Waals surface area contributed by atoms with Crippen LogP contribution in [0.15, 0.2) is 33.7 Å². The van der Waals surface area contributed by atoms with Crippen LogP contribution in [0.25, 0.3) is 0 Å². The maximum absolute atomic E-state index is 11.8. The van der Waals surface area contributed by atoms with Crippen LogP contribution in [0.2, 0.25) is 0 Å². The molecule has 21 heavy (non-hydrogen) atoms. The number of aliphatic imine (C=N–C) groups is 1. The van der Waals surface area contributed by atoms with E-state index in [4.69, 9.17) is 5.73 Å². The number of nitrogens with zero attached hydrogens (tertiary/aromatic N) is 1. The molecule has 0 aromatic heterocycles. The van der Waals surface area contributed by atoms with Crippen molar-refractivity contribution in [3.05, 3.63) is 34.3 Å². The predicted octanol–water partition coefficient (Wildman–Crippen LogP) is 2.46. The third-order valence-corrected chi connectivity index (χ3v) is 3.27. The summed E-state index contributed by atoms with van der Waals surface area (Å²) in [6.07, 6.45) is 0.982. The second-order valence-electron chi connectivity index (χ2n) is 4.49. The Morgan fingerprint density at radius 2 is 2.19 bits per heavy atom. The minimum Gasteiger partial charge on any atom is -0.370 e. The van der Waals surface area contributed by atoms with E-state index in [1.54, 1.807) is 12.1 Å². The fourth-order valence-corrected chi connectivity index (χ4v) is 1.88. The Kier molecular flexibility index (Phi) is 10.1. The molecule has 0 saturated heterocycles. The number of guanidine groups is 1. The molecule has 0 aliphatic rings. The zero-order valence-electron chi connectivity index (χ0n) is 12.2. The van der Waals surface area contributed by atoms with Crippen molar-refractivity contribution in [1.29, 1.82) is 0 Å². The van der Waals surface area contributed by atoms with Crippen LogP contribution in [0.4, 0.5) is 0 Å². The van der Waals surface area contributed by atoms with Crippen molar-refractivity contribution in [2.75, 3.05) is 13.1 Å². The van der Waals surface area contributed by atoms with E-state index in [0.717, 1.165) is 10.9 Å². The van der Waals surface area contributed by atoms with Gasteiger partial charge in [0.05, 0.1) is 6.54 Å². The first-order valence-corrected chi connectivity index (χ1v) is 7.42. The number of nitrogens with one attached hydrogen (secondary N) is 2. The van der Waals surface area contributed by atoms with Gasteiger partial charge in [0.2, 0.25) is 0 Å². The SMILES string of the molecule is Br.CCC(C)NC(N)=NCCNC(=O)c1cccc(Br)c1. The normalized spacial score (nSPS) is 12.2. The number of benzene rings is 1. The van der Waals surface area contributed by atoms with E-state index in [1.807, 2.05) is 19.1 Å². The first-order valence-electron chi connectivity index (χ1n) is 6.63. The maximum atomic E-state index is 11.8. The van der Waals surface area contributed by atoms with E-state index >= 15 is 0 Å². The number of carbonyl (C=O) groups is 1. The molecule has 4 N–H and O–H groups in total. The van der Waals surface area contributed by atoms with Gasteiger partial charge in [-0.1, -0.05) is 28.9 Å². The molecule has 5 nitrogen and oxygen atoms in total. The molecule has 1 aromatic rings. The average molecular weight is 422 g/mol.